The molecule has 0 spiro atoms. The molecule has 1 aromatic carbocycles. The first kappa shape index (κ1) is 18.2. The number of nitrogens with zero attached hydrogens (tertiary/aromatic N) is 4. The van der Waals surface area contributed by atoms with Gasteiger partial charge in [0, 0.05) is 66.7 Å². The molecule has 1 aliphatic rings. The van der Waals surface area contributed by atoms with Crippen LogP contribution < -0.4 is 0 Å². The molecule has 1 aliphatic heterocycles. The van der Waals surface area contributed by atoms with Crippen molar-refractivity contribution >= 4 is 5.91 Å². The Balaban J connectivity index is 1.38. The van der Waals surface area contributed by atoms with E-state index in [1.165, 1.54) is 0 Å². The monoisotopic (exact) mass is 395 g/mol. The van der Waals surface area contributed by atoms with Crippen LogP contribution >= 0.6 is 0 Å². The molecule has 0 fully saturated rings. The van der Waals surface area contributed by atoms with Gasteiger partial charge in [-0.15, -0.1) is 0 Å². The molecule has 6 nitrogen and oxygen atoms in total. The lowest BCUT2D eigenvalue weighted by molar-refractivity contribution is -0.131. The molecular weight excluding hydrogens is 374 g/mol. The van der Waals surface area contributed by atoms with Gasteiger partial charge in [0.15, 0.2) is 0 Å². The van der Waals surface area contributed by atoms with Crippen LogP contribution in [0.1, 0.15) is 16.8 Å². The Labute approximate surface area is 174 Å². The van der Waals surface area contributed by atoms with Crippen molar-refractivity contribution in [1.82, 2.24) is 25.1 Å². The van der Waals surface area contributed by atoms with Crippen molar-refractivity contribution in [3.8, 4) is 22.4 Å². The van der Waals surface area contributed by atoms with Crippen molar-refractivity contribution in [2.45, 2.75) is 19.4 Å². The van der Waals surface area contributed by atoms with Crippen LogP contribution in [0.15, 0.2) is 73.3 Å². The minimum Gasteiger partial charge on any atom is -0.338 e. The number of amides is 1. The van der Waals surface area contributed by atoms with E-state index in [0.717, 1.165) is 45.6 Å². The van der Waals surface area contributed by atoms with Gasteiger partial charge in [-0.2, -0.15) is 5.10 Å². The van der Waals surface area contributed by atoms with E-state index in [2.05, 4.69) is 20.2 Å². The minimum absolute atomic E-state index is 0.124. The highest BCUT2D eigenvalue weighted by atomic mass is 16.2. The van der Waals surface area contributed by atoms with Crippen LogP contribution in [0.25, 0.3) is 22.4 Å². The van der Waals surface area contributed by atoms with E-state index in [0.29, 0.717) is 19.5 Å². The second kappa shape index (κ2) is 7.91. The first-order valence-electron chi connectivity index (χ1n) is 10.0. The first-order valence-corrected chi connectivity index (χ1v) is 10.0. The van der Waals surface area contributed by atoms with Crippen LogP contribution in [0.2, 0.25) is 0 Å². The second-order valence-electron chi connectivity index (χ2n) is 7.41. The van der Waals surface area contributed by atoms with Gasteiger partial charge in [-0.25, -0.2) is 0 Å². The normalized spacial score (nSPS) is 13.1. The highest BCUT2D eigenvalue weighted by Crippen LogP contribution is 2.29. The average Bonchev–Trinajstić information content (AvgIpc) is 3.24. The molecule has 0 unspecified atom stereocenters. The van der Waals surface area contributed by atoms with Crippen molar-refractivity contribution in [1.29, 1.82) is 0 Å². The van der Waals surface area contributed by atoms with Gasteiger partial charge >= 0.3 is 0 Å². The predicted octanol–water partition coefficient (Wildman–Crippen LogP) is 3.66. The summed E-state index contributed by atoms with van der Waals surface area (Å²) >= 11 is 0. The number of pyridine rings is 2. The zero-order valence-electron chi connectivity index (χ0n) is 16.5. The van der Waals surface area contributed by atoms with Crippen LogP contribution in [-0.2, 0) is 24.2 Å². The maximum atomic E-state index is 13.2. The van der Waals surface area contributed by atoms with E-state index < -0.39 is 0 Å². The molecule has 0 saturated heterocycles. The lowest BCUT2D eigenvalue weighted by atomic mass is 9.97. The van der Waals surface area contributed by atoms with Gasteiger partial charge in [0.05, 0.1) is 12.1 Å². The molecule has 0 atom stereocenters. The summed E-state index contributed by atoms with van der Waals surface area (Å²) in [6.07, 6.45) is 8.26. The number of nitrogens with one attached hydrogen (secondary N) is 1. The fraction of sp³-hybridized carbons (Fsp3) is 0.167. The van der Waals surface area contributed by atoms with Crippen molar-refractivity contribution in [2.75, 3.05) is 6.54 Å². The van der Waals surface area contributed by atoms with Crippen molar-refractivity contribution in [3.63, 3.8) is 0 Å². The van der Waals surface area contributed by atoms with Crippen LogP contribution in [0.4, 0.5) is 0 Å². The van der Waals surface area contributed by atoms with E-state index in [-0.39, 0.29) is 5.91 Å². The number of hydrogen-bond donors (Lipinski definition) is 1. The molecule has 0 radical (unpaired) electrons. The van der Waals surface area contributed by atoms with Crippen LogP contribution in [0, 0.1) is 0 Å². The number of aromatic nitrogens is 4. The largest absolute Gasteiger partial charge is 0.338 e. The fourth-order valence-corrected chi connectivity index (χ4v) is 4.01. The topological polar surface area (TPSA) is 74.8 Å². The zero-order valence-corrected chi connectivity index (χ0v) is 16.5. The van der Waals surface area contributed by atoms with Gasteiger partial charge in [-0.1, -0.05) is 30.3 Å². The SMILES string of the molecule is O=C(Cc1ccccc1-c1cccnc1)N1CCc2[nH]nc(-c3ccncc3)c2C1. The van der Waals surface area contributed by atoms with Gasteiger partial charge < -0.3 is 4.90 Å². The van der Waals surface area contributed by atoms with E-state index in [1.54, 1.807) is 18.6 Å². The maximum Gasteiger partial charge on any atom is 0.227 e. The standard InChI is InChI=1S/C24H21N5O/c30-23(14-18-4-1-2-6-20(18)19-5-3-10-26-15-19)29-13-9-22-21(16-29)24(28-27-22)17-7-11-25-12-8-17/h1-8,10-12,15H,9,13-14,16H2,(H,27,28). The Morgan fingerprint density at radius 2 is 1.83 bits per heavy atom. The molecule has 148 valence electrons. The highest BCUT2D eigenvalue weighted by Gasteiger charge is 2.26. The van der Waals surface area contributed by atoms with Crippen molar-refractivity contribution in [3.05, 3.63) is 90.1 Å². The number of fused-ring (bicyclic) bond motifs is 1. The van der Waals surface area contributed by atoms with E-state index in [1.807, 2.05) is 59.6 Å². The zero-order chi connectivity index (χ0) is 20.3. The summed E-state index contributed by atoms with van der Waals surface area (Å²) in [5.41, 5.74) is 7.22. The van der Waals surface area contributed by atoms with Gasteiger partial charge in [-0.3, -0.25) is 19.9 Å². The quantitative estimate of drug-likeness (QED) is 0.572. The van der Waals surface area contributed by atoms with Crippen molar-refractivity contribution < 1.29 is 4.79 Å². The Bertz CT molecular complexity index is 1170. The summed E-state index contributed by atoms with van der Waals surface area (Å²) in [4.78, 5) is 23.4. The third-order valence-electron chi connectivity index (χ3n) is 5.57. The Hall–Kier alpha value is -3.80. The summed E-state index contributed by atoms with van der Waals surface area (Å²) in [5, 5.41) is 7.65. The van der Waals surface area contributed by atoms with Crippen LogP contribution in [0.3, 0.4) is 0 Å². The van der Waals surface area contributed by atoms with E-state index >= 15 is 0 Å². The number of carbonyl (C=O) groups is 1. The third kappa shape index (κ3) is 3.48. The van der Waals surface area contributed by atoms with Crippen LogP contribution in [-0.4, -0.2) is 37.5 Å². The maximum absolute atomic E-state index is 13.2. The predicted molar refractivity (Wildman–Crippen MR) is 114 cm³/mol. The molecule has 1 amide bonds. The summed E-state index contributed by atoms with van der Waals surface area (Å²) in [7, 11) is 0. The number of hydrogen-bond acceptors (Lipinski definition) is 4. The lowest BCUT2D eigenvalue weighted by Gasteiger charge is -2.27. The molecule has 4 aromatic rings. The Morgan fingerprint density at radius 3 is 2.67 bits per heavy atom. The first-order chi connectivity index (χ1) is 14.8. The molecule has 6 heteroatoms. The van der Waals surface area contributed by atoms with E-state index in [9.17, 15) is 4.79 Å². The number of aromatic amines is 1. The van der Waals surface area contributed by atoms with Crippen LogP contribution in [0.5, 0.6) is 0 Å². The third-order valence-corrected chi connectivity index (χ3v) is 5.57. The van der Waals surface area contributed by atoms with Gasteiger partial charge in [0.1, 0.15) is 0 Å². The molecule has 5 rings (SSSR count). The second-order valence-corrected chi connectivity index (χ2v) is 7.41. The molecule has 1 N–H and O–H groups in total. The molecule has 0 bridgehead atoms. The van der Waals surface area contributed by atoms with Gasteiger partial charge in [-0.05, 0) is 29.3 Å². The number of rotatable bonds is 4. The number of benzene rings is 1. The summed E-state index contributed by atoms with van der Waals surface area (Å²) < 4.78 is 0. The highest BCUT2D eigenvalue weighted by molar-refractivity contribution is 5.82. The molecule has 4 heterocycles. The fourth-order valence-electron chi connectivity index (χ4n) is 4.01. The smallest absolute Gasteiger partial charge is 0.227 e. The molecule has 0 aliphatic carbocycles. The molecule has 30 heavy (non-hydrogen) atoms. The van der Waals surface area contributed by atoms with Gasteiger partial charge in [0.25, 0.3) is 0 Å². The Kier molecular flexibility index (Phi) is 4.81. The summed E-state index contributed by atoms with van der Waals surface area (Å²) in [6, 6.07) is 15.9. The van der Waals surface area contributed by atoms with Gasteiger partial charge in [0.2, 0.25) is 5.91 Å². The summed E-state index contributed by atoms with van der Waals surface area (Å²) in [5.74, 6) is 0.124. The van der Waals surface area contributed by atoms with E-state index in [4.69, 9.17) is 0 Å². The minimum atomic E-state index is 0.124. The number of carbonyl (C=O) groups excluding carboxylic acids is 1. The molecule has 3 aromatic heterocycles. The van der Waals surface area contributed by atoms with Crippen molar-refractivity contribution in [2.24, 2.45) is 0 Å². The lowest BCUT2D eigenvalue weighted by Crippen LogP contribution is -2.37. The molecule has 0 saturated carbocycles. The number of H-pyrrole nitrogens is 1. The average molecular weight is 395 g/mol. The Morgan fingerprint density at radius 1 is 0.967 bits per heavy atom. The summed E-state index contributed by atoms with van der Waals surface area (Å²) in [6.45, 7) is 1.26. The molecular formula is C24H21N5O.